The molecule has 1 aromatic carbocycles. The van der Waals surface area contributed by atoms with Crippen LogP contribution in [0.25, 0.3) is 0 Å². The third-order valence-corrected chi connectivity index (χ3v) is 5.46. The molecule has 2 unspecified atom stereocenters. The summed E-state index contributed by atoms with van der Waals surface area (Å²) in [6, 6.07) is 6.90. The van der Waals surface area contributed by atoms with Crippen LogP contribution in [0.1, 0.15) is 35.7 Å². The van der Waals surface area contributed by atoms with Gasteiger partial charge in [-0.25, -0.2) is 0 Å². The summed E-state index contributed by atoms with van der Waals surface area (Å²) < 4.78 is 0. The predicted molar refractivity (Wildman–Crippen MR) is 83.9 cm³/mol. The molecule has 3 nitrogen and oxygen atoms in total. The molecule has 2 atom stereocenters. The van der Waals surface area contributed by atoms with Crippen molar-refractivity contribution in [2.24, 2.45) is 0 Å². The number of carbonyl (C=O) groups is 1. The van der Waals surface area contributed by atoms with Gasteiger partial charge in [0.25, 0.3) is 0 Å². The second-order valence-electron chi connectivity index (χ2n) is 5.82. The number of rotatable bonds is 2. The Bertz CT molecular complexity index is 511. The van der Waals surface area contributed by atoms with Crippen molar-refractivity contribution in [3.63, 3.8) is 0 Å². The van der Waals surface area contributed by atoms with E-state index in [0.717, 1.165) is 12.2 Å². The molecule has 0 bridgehead atoms. The standard InChI is InChI=1S/C16H22N2OS/c1-11-5-6-14(12(2)8-11)16-17-9-15(19)18(16)13-4-3-7-20-10-13/h5-6,8,13,16-17H,3-4,7,9-10H2,1-2H3. The fourth-order valence-electron chi connectivity index (χ4n) is 3.27. The van der Waals surface area contributed by atoms with E-state index in [1.165, 1.54) is 28.9 Å². The molecule has 2 fully saturated rings. The van der Waals surface area contributed by atoms with E-state index in [1.54, 1.807) is 0 Å². The highest BCUT2D eigenvalue weighted by Gasteiger charge is 2.37. The van der Waals surface area contributed by atoms with Gasteiger partial charge >= 0.3 is 0 Å². The smallest absolute Gasteiger partial charge is 0.238 e. The zero-order chi connectivity index (χ0) is 14.1. The lowest BCUT2D eigenvalue weighted by atomic mass is 10.0. The predicted octanol–water partition coefficient (Wildman–Crippen LogP) is 2.63. The number of hydrogen-bond acceptors (Lipinski definition) is 3. The molecule has 0 radical (unpaired) electrons. The number of nitrogens with zero attached hydrogens (tertiary/aromatic N) is 1. The summed E-state index contributed by atoms with van der Waals surface area (Å²) in [5.74, 6) is 2.57. The Kier molecular flexibility index (Phi) is 4.03. The first kappa shape index (κ1) is 14.0. The van der Waals surface area contributed by atoms with Crippen molar-refractivity contribution >= 4 is 17.7 Å². The Labute approximate surface area is 125 Å². The molecular weight excluding hydrogens is 268 g/mol. The van der Waals surface area contributed by atoms with Gasteiger partial charge in [0.15, 0.2) is 0 Å². The molecule has 2 aliphatic heterocycles. The first-order chi connectivity index (χ1) is 9.66. The number of benzene rings is 1. The fraction of sp³-hybridized carbons (Fsp3) is 0.562. The summed E-state index contributed by atoms with van der Waals surface area (Å²) in [5, 5.41) is 3.40. The molecule has 0 saturated carbocycles. The van der Waals surface area contributed by atoms with Gasteiger partial charge in [-0.15, -0.1) is 0 Å². The number of aryl methyl sites for hydroxylation is 2. The minimum absolute atomic E-state index is 0.0619. The largest absolute Gasteiger partial charge is 0.318 e. The molecule has 20 heavy (non-hydrogen) atoms. The van der Waals surface area contributed by atoms with E-state index in [4.69, 9.17) is 0 Å². The fourth-order valence-corrected chi connectivity index (χ4v) is 4.40. The lowest BCUT2D eigenvalue weighted by Gasteiger charge is -2.35. The molecule has 3 rings (SSSR count). The lowest BCUT2D eigenvalue weighted by molar-refractivity contribution is -0.130. The summed E-state index contributed by atoms with van der Waals surface area (Å²) in [6.45, 7) is 4.72. The Morgan fingerprint density at radius 3 is 2.90 bits per heavy atom. The maximum atomic E-state index is 12.3. The van der Waals surface area contributed by atoms with Crippen molar-refractivity contribution < 1.29 is 4.79 Å². The van der Waals surface area contributed by atoms with Gasteiger partial charge in [0.05, 0.1) is 6.54 Å². The van der Waals surface area contributed by atoms with Crippen molar-refractivity contribution in [3.05, 3.63) is 34.9 Å². The van der Waals surface area contributed by atoms with Crippen molar-refractivity contribution in [1.82, 2.24) is 10.2 Å². The second kappa shape index (κ2) is 5.78. The molecule has 0 aromatic heterocycles. The van der Waals surface area contributed by atoms with Gasteiger partial charge in [0.2, 0.25) is 5.91 Å². The molecule has 108 valence electrons. The van der Waals surface area contributed by atoms with Crippen LogP contribution in [0.4, 0.5) is 0 Å². The molecule has 4 heteroatoms. The molecule has 2 heterocycles. The maximum absolute atomic E-state index is 12.3. The van der Waals surface area contributed by atoms with Crippen LogP contribution in [0.15, 0.2) is 18.2 Å². The minimum Gasteiger partial charge on any atom is -0.318 e. The summed E-state index contributed by atoms with van der Waals surface area (Å²) in [4.78, 5) is 14.4. The highest BCUT2D eigenvalue weighted by atomic mass is 32.2. The van der Waals surface area contributed by atoms with Gasteiger partial charge in [-0.05, 0) is 43.6 Å². The van der Waals surface area contributed by atoms with E-state index < -0.39 is 0 Å². The molecule has 0 spiro atoms. The highest BCUT2D eigenvalue weighted by Crippen LogP contribution is 2.32. The van der Waals surface area contributed by atoms with E-state index >= 15 is 0 Å². The van der Waals surface area contributed by atoms with Crippen molar-refractivity contribution in [3.8, 4) is 0 Å². The average Bonchev–Trinajstić information content (AvgIpc) is 2.81. The number of hydrogen-bond donors (Lipinski definition) is 1. The van der Waals surface area contributed by atoms with Gasteiger partial charge < -0.3 is 4.90 Å². The highest BCUT2D eigenvalue weighted by molar-refractivity contribution is 7.99. The molecule has 0 aliphatic carbocycles. The van der Waals surface area contributed by atoms with E-state index in [1.807, 2.05) is 11.8 Å². The van der Waals surface area contributed by atoms with Crippen LogP contribution in [0, 0.1) is 13.8 Å². The van der Waals surface area contributed by atoms with Gasteiger partial charge in [-0.3, -0.25) is 10.1 Å². The Morgan fingerprint density at radius 1 is 1.35 bits per heavy atom. The minimum atomic E-state index is 0.0619. The van der Waals surface area contributed by atoms with Crippen molar-refractivity contribution in [1.29, 1.82) is 0 Å². The summed E-state index contributed by atoms with van der Waals surface area (Å²) in [5.41, 5.74) is 3.79. The van der Waals surface area contributed by atoms with E-state index in [-0.39, 0.29) is 12.1 Å². The molecule has 2 saturated heterocycles. The third kappa shape index (κ3) is 2.59. The first-order valence-corrected chi connectivity index (χ1v) is 8.52. The zero-order valence-electron chi connectivity index (χ0n) is 12.2. The molecule has 2 aliphatic rings. The average molecular weight is 290 g/mol. The normalized spacial score (nSPS) is 27.1. The number of amides is 1. The Balaban J connectivity index is 1.88. The third-order valence-electron chi connectivity index (χ3n) is 4.26. The number of nitrogens with one attached hydrogen (secondary N) is 1. The Morgan fingerprint density at radius 2 is 2.20 bits per heavy atom. The topological polar surface area (TPSA) is 32.3 Å². The van der Waals surface area contributed by atoms with Crippen LogP contribution >= 0.6 is 11.8 Å². The van der Waals surface area contributed by atoms with Crippen LogP contribution in [0.3, 0.4) is 0 Å². The van der Waals surface area contributed by atoms with Gasteiger partial charge in [-0.1, -0.05) is 23.8 Å². The van der Waals surface area contributed by atoms with Gasteiger partial charge in [0.1, 0.15) is 6.17 Å². The van der Waals surface area contributed by atoms with E-state index in [9.17, 15) is 4.79 Å². The van der Waals surface area contributed by atoms with Gasteiger partial charge in [-0.2, -0.15) is 11.8 Å². The van der Waals surface area contributed by atoms with Gasteiger partial charge in [0, 0.05) is 11.8 Å². The van der Waals surface area contributed by atoms with E-state index in [0.29, 0.717) is 12.6 Å². The lowest BCUT2D eigenvalue weighted by Crippen LogP contribution is -2.42. The first-order valence-electron chi connectivity index (χ1n) is 7.36. The second-order valence-corrected chi connectivity index (χ2v) is 6.97. The molecule has 1 aromatic rings. The van der Waals surface area contributed by atoms with E-state index in [2.05, 4.69) is 42.3 Å². The number of carbonyl (C=O) groups excluding carboxylic acids is 1. The van der Waals surface area contributed by atoms with Crippen LogP contribution in [0.2, 0.25) is 0 Å². The quantitative estimate of drug-likeness (QED) is 0.909. The molecular formula is C16H22N2OS. The molecule has 1 N–H and O–H groups in total. The van der Waals surface area contributed by atoms with Crippen LogP contribution in [0.5, 0.6) is 0 Å². The van der Waals surface area contributed by atoms with Crippen LogP contribution in [-0.4, -0.2) is 34.9 Å². The van der Waals surface area contributed by atoms with Crippen LogP contribution in [-0.2, 0) is 4.79 Å². The summed E-state index contributed by atoms with van der Waals surface area (Å²) in [6.07, 6.45) is 2.42. The summed E-state index contributed by atoms with van der Waals surface area (Å²) >= 11 is 1.97. The van der Waals surface area contributed by atoms with Crippen LogP contribution < -0.4 is 5.32 Å². The summed E-state index contributed by atoms with van der Waals surface area (Å²) in [7, 11) is 0. The number of thioether (sulfide) groups is 1. The van der Waals surface area contributed by atoms with Crippen molar-refractivity contribution in [2.45, 2.75) is 38.9 Å². The zero-order valence-corrected chi connectivity index (χ0v) is 13.0. The Hall–Kier alpha value is -1.00. The SMILES string of the molecule is Cc1ccc(C2NCC(=O)N2C2CCCSC2)c(C)c1. The molecule has 1 amide bonds. The maximum Gasteiger partial charge on any atom is 0.238 e. The monoisotopic (exact) mass is 290 g/mol. The van der Waals surface area contributed by atoms with Crippen molar-refractivity contribution in [2.75, 3.05) is 18.1 Å².